The molecule has 0 heterocycles. The van der Waals surface area contributed by atoms with Gasteiger partial charge in [-0.1, -0.05) is 46.6 Å². The minimum Gasteiger partial charge on any atom is -0.344 e. The monoisotopic (exact) mass is 303 g/mol. The molecule has 0 fully saturated rings. The lowest BCUT2D eigenvalue weighted by molar-refractivity contribution is -0.129. The van der Waals surface area contributed by atoms with Gasteiger partial charge in [-0.15, -0.1) is 0 Å². The second-order valence-electron chi connectivity index (χ2n) is 3.86. The molecule has 0 radical (unpaired) electrons. The summed E-state index contributed by atoms with van der Waals surface area (Å²) < 4.78 is 0. The molecular weight excluding hydrogens is 289 g/mol. The lowest BCUT2D eigenvalue weighted by Gasteiger charge is -2.18. The summed E-state index contributed by atoms with van der Waals surface area (Å²) in [5.41, 5.74) is 0.989. The molecule has 0 bridgehead atoms. The van der Waals surface area contributed by atoms with Crippen molar-refractivity contribution in [2.45, 2.75) is 18.2 Å². The fourth-order valence-electron chi connectivity index (χ4n) is 1.39. The maximum absolute atomic E-state index is 11.8. The van der Waals surface area contributed by atoms with E-state index in [4.69, 9.17) is 11.6 Å². The number of carbonyl (C=O) groups is 1. The average Bonchev–Trinajstić information content (AvgIpc) is 2.20. The molecular formula is C12H15BrClNO. The lowest BCUT2D eigenvalue weighted by Crippen LogP contribution is -2.32. The first-order valence-corrected chi connectivity index (χ1v) is 6.41. The SMILES string of the molecule is CC(Br)CN(C)C(=O)Cc1ccc(Cl)cc1. The number of benzene rings is 1. The van der Waals surface area contributed by atoms with Gasteiger partial charge in [-0.25, -0.2) is 0 Å². The van der Waals surface area contributed by atoms with Crippen molar-refractivity contribution in [1.29, 1.82) is 0 Å². The molecule has 0 N–H and O–H groups in total. The van der Waals surface area contributed by atoms with Crippen LogP contribution in [0.25, 0.3) is 0 Å². The van der Waals surface area contributed by atoms with Crippen LogP contribution in [0, 0.1) is 0 Å². The van der Waals surface area contributed by atoms with Gasteiger partial charge in [0.05, 0.1) is 6.42 Å². The minimum atomic E-state index is 0.119. The maximum atomic E-state index is 11.8. The first kappa shape index (κ1) is 13.5. The average molecular weight is 305 g/mol. The van der Waals surface area contributed by atoms with Crippen LogP contribution >= 0.6 is 27.5 Å². The van der Waals surface area contributed by atoms with E-state index in [1.54, 1.807) is 17.0 Å². The standard InChI is InChI=1S/C12H15BrClNO/c1-9(13)8-15(2)12(16)7-10-3-5-11(14)6-4-10/h3-6,9H,7-8H2,1-2H3. The van der Waals surface area contributed by atoms with E-state index in [9.17, 15) is 4.79 Å². The lowest BCUT2D eigenvalue weighted by atomic mass is 10.1. The van der Waals surface area contributed by atoms with Gasteiger partial charge in [0, 0.05) is 23.4 Å². The van der Waals surface area contributed by atoms with E-state index in [0.717, 1.165) is 5.56 Å². The van der Waals surface area contributed by atoms with E-state index >= 15 is 0 Å². The Hall–Kier alpha value is -0.540. The number of amides is 1. The number of nitrogens with zero attached hydrogens (tertiary/aromatic N) is 1. The molecule has 1 amide bonds. The van der Waals surface area contributed by atoms with Gasteiger partial charge in [0.2, 0.25) is 5.91 Å². The molecule has 0 saturated heterocycles. The van der Waals surface area contributed by atoms with Crippen LogP contribution in [-0.4, -0.2) is 29.2 Å². The van der Waals surface area contributed by atoms with Crippen molar-refractivity contribution in [3.8, 4) is 0 Å². The van der Waals surface area contributed by atoms with E-state index in [0.29, 0.717) is 22.8 Å². The summed E-state index contributed by atoms with van der Waals surface area (Å²) >= 11 is 9.20. The van der Waals surface area contributed by atoms with Crippen molar-refractivity contribution >= 4 is 33.4 Å². The van der Waals surface area contributed by atoms with Gasteiger partial charge in [-0.3, -0.25) is 4.79 Å². The molecule has 16 heavy (non-hydrogen) atoms. The molecule has 1 atom stereocenters. The van der Waals surface area contributed by atoms with Crippen molar-refractivity contribution in [2.75, 3.05) is 13.6 Å². The second-order valence-corrected chi connectivity index (χ2v) is 5.86. The summed E-state index contributed by atoms with van der Waals surface area (Å²) in [6, 6.07) is 7.37. The van der Waals surface area contributed by atoms with Gasteiger partial charge < -0.3 is 4.90 Å². The predicted molar refractivity (Wildman–Crippen MR) is 71.2 cm³/mol. The third-order valence-electron chi connectivity index (χ3n) is 2.22. The largest absolute Gasteiger partial charge is 0.344 e. The fraction of sp³-hybridized carbons (Fsp3) is 0.417. The third kappa shape index (κ3) is 4.54. The van der Waals surface area contributed by atoms with Crippen LogP contribution in [-0.2, 0) is 11.2 Å². The van der Waals surface area contributed by atoms with Gasteiger partial charge in [0.1, 0.15) is 0 Å². The highest BCUT2D eigenvalue weighted by Crippen LogP contribution is 2.11. The molecule has 1 aromatic rings. The molecule has 0 aromatic heterocycles. The Kier molecular flexibility index (Phi) is 5.29. The first-order valence-electron chi connectivity index (χ1n) is 5.11. The highest BCUT2D eigenvalue weighted by atomic mass is 79.9. The van der Waals surface area contributed by atoms with Crippen LogP contribution in [0.3, 0.4) is 0 Å². The summed E-state index contributed by atoms with van der Waals surface area (Å²) in [7, 11) is 1.82. The first-order chi connectivity index (χ1) is 7.49. The summed E-state index contributed by atoms with van der Waals surface area (Å²) in [6.07, 6.45) is 0.424. The van der Waals surface area contributed by atoms with Gasteiger partial charge in [0.25, 0.3) is 0 Å². The molecule has 0 saturated carbocycles. The topological polar surface area (TPSA) is 20.3 Å². The molecule has 1 rings (SSSR count). The normalized spacial score (nSPS) is 12.2. The Bertz CT molecular complexity index is 351. The van der Waals surface area contributed by atoms with Crippen molar-refractivity contribution in [3.63, 3.8) is 0 Å². The van der Waals surface area contributed by atoms with Gasteiger partial charge in [-0.2, -0.15) is 0 Å². The van der Waals surface area contributed by atoms with Crippen molar-refractivity contribution in [3.05, 3.63) is 34.9 Å². The summed E-state index contributed by atoms with van der Waals surface area (Å²) in [6.45, 7) is 2.73. The predicted octanol–water partition coefficient (Wildman–Crippen LogP) is 3.12. The van der Waals surface area contributed by atoms with E-state index in [-0.39, 0.29) is 5.91 Å². The van der Waals surface area contributed by atoms with E-state index < -0.39 is 0 Å². The van der Waals surface area contributed by atoms with Crippen LogP contribution in [0.4, 0.5) is 0 Å². The number of hydrogen-bond acceptors (Lipinski definition) is 1. The summed E-state index contributed by atoms with van der Waals surface area (Å²) in [5.74, 6) is 0.119. The van der Waals surface area contributed by atoms with Gasteiger partial charge in [-0.05, 0) is 17.7 Å². The van der Waals surface area contributed by atoms with Crippen LogP contribution in [0.5, 0.6) is 0 Å². The Labute approximate surface area is 110 Å². The van der Waals surface area contributed by atoms with Crippen LogP contribution in [0.15, 0.2) is 24.3 Å². The molecule has 1 unspecified atom stereocenters. The molecule has 1 aromatic carbocycles. The third-order valence-corrected chi connectivity index (χ3v) is 2.76. The van der Waals surface area contributed by atoms with E-state index in [1.807, 2.05) is 26.1 Å². The Morgan fingerprint density at radius 3 is 2.50 bits per heavy atom. The Morgan fingerprint density at radius 1 is 1.44 bits per heavy atom. The van der Waals surface area contributed by atoms with Crippen LogP contribution in [0.2, 0.25) is 5.02 Å². The molecule has 88 valence electrons. The number of alkyl halides is 1. The number of hydrogen-bond donors (Lipinski definition) is 0. The van der Waals surface area contributed by atoms with Crippen LogP contribution < -0.4 is 0 Å². The van der Waals surface area contributed by atoms with Crippen molar-refractivity contribution in [2.24, 2.45) is 0 Å². The summed E-state index contributed by atoms with van der Waals surface area (Å²) in [5, 5.41) is 0.693. The van der Waals surface area contributed by atoms with E-state index in [1.165, 1.54) is 0 Å². The van der Waals surface area contributed by atoms with Gasteiger partial charge in [0.15, 0.2) is 0 Å². The van der Waals surface area contributed by atoms with Crippen molar-refractivity contribution < 1.29 is 4.79 Å². The number of likely N-dealkylation sites (N-methyl/N-ethyl adjacent to an activating group) is 1. The molecule has 0 aliphatic rings. The number of carbonyl (C=O) groups excluding carboxylic acids is 1. The molecule has 2 nitrogen and oxygen atoms in total. The molecule has 0 spiro atoms. The smallest absolute Gasteiger partial charge is 0.226 e. The second kappa shape index (κ2) is 6.26. The Morgan fingerprint density at radius 2 is 2.00 bits per heavy atom. The summed E-state index contributed by atoms with van der Waals surface area (Å²) in [4.78, 5) is 13.8. The fourth-order valence-corrected chi connectivity index (χ4v) is 1.95. The van der Waals surface area contributed by atoms with Crippen LogP contribution in [0.1, 0.15) is 12.5 Å². The zero-order valence-corrected chi connectivity index (χ0v) is 11.8. The van der Waals surface area contributed by atoms with Gasteiger partial charge >= 0.3 is 0 Å². The molecule has 0 aliphatic heterocycles. The molecule has 0 aliphatic carbocycles. The maximum Gasteiger partial charge on any atom is 0.226 e. The highest BCUT2D eigenvalue weighted by Gasteiger charge is 2.11. The highest BCUT2D eigenvalue weighted by molar-refractivity contribution is 9.09. The quantitative estimate of drug-likeness (QED) is 0.783. The zero-order chi connectivity index (χ0) is 12.1. The van der Waals surface area contributed by atoms with E-state index in [2.05, 4.69) is 15.9 Å². The zero-order valence-electron chi connectivity index (χ0n) is 9.41. The minimum absolute atomic E-state index is 0.119. The van der Waals surface area contributed by atoms with Crippen molar-refractivity contribution in [1.82, 2.24) is 4.90 Å². The number of rotatable bonds is 4. The molecule has 4 heteroatoms. The Balaban J connectivity index is 2.54. The number of halogens is 2.